The Morgan fingerprint density at radius 1 is 1.06 bits per heavy atom. The van der Waals surface area contributed by atoms with Crippen LogP contribution in [0.5, 0.6) is 0 Å². The van der Waals surface area contributed by atoms with Crippen LogP contribution in [-0.2, 0) is 7.05 Å². The van der Waals surface area contributed by atoms with Crippen molar-refractivity contribution in [1.82, 2.24) is 4.57 Å². The first kappa shape index (κ1) is 10.4. The Kier molecular flexibility index (Phi) is 2.20. The van der Waals surface area contributed by atoms with Crippen LogP contribution < -0.4 is 5.43 Å². The third kappa shape index (κ3) is 1.61. The van der Waals surface area contributed by atoms with Crippen LogP contribution in [0.1, 0.15) is 0 Å². The second-order valence-electron chi connectivity index (χ2n) is 4.13. The lowest BCUT2D eigenvalue weighted by atomic mass is 10.1. The first-order valence-corrected chi connectivity index (χ1v) is 5.72. The van der Waals surface area contributed by atoms with Crippen molar-refractivity contribution >= 4 is 22.5 Å². The van der Waals surface area contributed by atoms with Crippen LogP contribution >= 0.6 is 11.6 Å². The minimum atomic E-state index is 0.0227. The van der Waals surface area contributed by atoms with Gasteiger partial charge in [-0.3, -0.25) is 4.79 Å². The van der Waals surface area contributed by atoms with E-state index in [0.29, 0.717) is 5.02 Å². The number of benzene rings is 2. The summed E-state index contributed by atoms with van der Waals surface area (Å²) in [6.45, 7) is 0. The molecule has 0 saturated heterocycles. The Morgan fingerprint density at radius 3 is 2.71 bits per heavy atom. The number of aryl methyl sites for hydroxylation is 1. The summed E-state index contributed by atoms with van der Waals surface area (Å²) in [5.74, 6) is 0. The molecule has 3 rings (SSSR count). The van der Waals surface area contributed by atoms with Crippen molar-refractivity contribution < 1.29 is 0 Å². The molecule has 1 aromatic carbocycles. The van der Waals surface area contributed by atoms with E-state index in [2.05, 4.69) is 6.07 Å². The highest BCUT2D eigenvalue weighted by Gasteiger charge is 2.08. The van der Waals surface area contributed by atoms with Crippen molar-refractivity contribution in [1.29, 1.82) is 0 Å². The maximum absolute atomic E-state index is 11.4. The number of hydrogen-bond acceptors (Lipinski definition) is 1. The van der Waals surface area contributed by atoms with Gasteiger partial charge in [-0.2, -0.15) is 0 Å². The first-order valence-electron chi connectivity index (χ1n) is 5.34. The lowest BCUT2D eigenvalue weighted by Crippen LogP contribution is -2.05. The Balaban J connectivity index is 2.54. The predicted molar refractivity (Wildman–Crippen MR) is 70.8 cm³/mol. The number of nitrogens with zero attached hydrogens (tertiary/aromatic N) is 1. The average molecular weight is 244 g/mol. The predicted octanol–water partition coefficient (Wildman–Crippen LogP) is 3.30. The van der Waals surface area contributed by atoms with E-state index in [4.69, 9.17) is 11.6 Å². The Morgan fingerprint density at radius 2 is 1.88 bits per heavy atom. The van der Waals surface area contributed by atoms with E-state index >= 15 is 0 Å². The van der Waals surface area contributed by atoms with Crippen molar-refractivity contribution in [3.63, 3.8) is 0 Å². The molecule has 1 aromatic rings. The molecule has 0 bridgehead atoms. The molecular formula is C14H10ClNO. The van der Waals surface area contributed by atoms with Crippen LogP contribution in [0.25, 0.3) is 22.2 Å². The Labute approximate surface area is 103 Å². The molecule has 0 fully saturated rings. The van der Waals surface area contributed by atoms with Crippen molar-refractivity contribution in [3.8, 4) is 11.3 Å². The molecule has 0 N–H and O–H groups in total. The third-order valence-corrected chi connectivity index (χ3v) is 3.26. The van der Waals surface area contributed by atoms with Crippen molar-refractivity contribution in [2.75, 3.05) is 0 Å². The van der Waals surface area contributed by atoms with Crippen LogP contribution in [0.2, 0.25) is 5.02 Å². The zero-order chi connectivity index (χ0) is 12.0. The number of aromatic nitrogens is 1. The fourth-order valence-electron chi connectivity index (χ4n) is 2.16. The number of pyridine rings is 1. The normalized spacial score (nSPS) is 11.2. The molecule has 1 aliphatic carbocycles. The van der Waals surface area contributed by atoms with E-state index in [1.54, 1.807) is 12.1 Å². The molecule has 0 spiro atoms. The summed E-state index contributed by atoms with van der Waals surface area (Å²) in [6, 6.07) is 12.9. The third-order valence-electron chi connectivity index (χ3n) is 3.03. The second-order valence-corrected chi connectivity index (χ2v) is 4.56. The lowest BCUT2D eigenvalue weighted by molar-refractivity contribution is 0.960. The molecule has 17 heavy (non-hydrogen) atoms. The fraction of sp³-hybridized carbons (Fsp3) is 0.0714. The molecule has 0 radical (unpaired) electrons. The van der Waals surface area contributed by atoms with Gasteiger partial charge in [0.2, 0.25) is 0 Å². The van der Waals surface area contributed by atoms with Gasteiger partial charge in [0.15, 0.2) is 5.43 Å². The van der Waals surface area contributed by atoms with Gasteiger partial charge in [0, 0.05) is 23.7 Å². The summed E-state index contributed by atoms with van der Waals surface area (Å²) in [5.41, 5.74) is 3.03. The molecule has 2 aliphatic rings. The van der Waals surface area contributed by atoms with E-state index in [1.165, 1.54) is 0 Å². The number of hydrogen-bond donors (Lipinski definition) is 0. The van der Waals surface area contributed by atoms with E-state index in [-0.39, 0.29) is 5.43 Å². The minimum Gasteiger partial charge on any atom is -0.343 e. The smallest absolute Gasteiger partial charge is 0.180 e. The molecule has 0 aromatic heterocycles. The monoisotopic (exact) mass is 243 g/mol. The summed E-state index contributed by atoms with van der Waals surface area (Å²) in [7, 11) is 1.94. The highest BCUT2D eigenvalue weighted by Crippen LogP contribution is 2.27. The summed E-state index contributed by atoms with van der Waals surface area (Å²) in [5, 5.41) is 1.81. The van der Waals surface area contributed by atoms with E-state index in [9.17, 15) is 4.79 Å². The minimum absolute atomic E-state index is 0.0227. The molecule has 0 unspecified atom stereocenters. The zero-order valence-corrected chi connectivity index (χ0v) is 10.0. The molecule has 84 valence electrons. The molecule has 0 atom stereocenters. The standard InChI is InChI=1S/C14H10ClNO/c1-16-13-7-11(15)4-2-9(13)6-10-3-5-12(17)8-14(10)16/h2-8H,1H3. The van der Waals surface area contributed by atoms with Gasteiger partial charge in [-0.1, -0.05) is 17.7 Å². The molecular weight excluding hydrogens is 234 g/mol. The second kappa shape index (κ2) is 3.60. The van der Waals surface area contributed by atoms with Gasteiger partial charge in [-0.15, -0.1) is 0 Å². The number of fused-ring (bicyclic) bond motifs is 2. The van der Waals surface area contributed by atoms with Gasteiger partial charge >= 0.3 is 0 Å². The van der Waals surface area contributed by atoms with Gasteiger partial charge in [0.25, 0.3) is 0 Å². The van der Waals surface area contributed by atoms with Crippen LogP contribution in [0.3, 0.4) is 0 Å². The number of rotatable bonds is 0. The van der Waals surface area contributed by atoms with Crippen molar-refractivity contribution in [2.45, 2.75) is 0 Å². The first-order chi connectivity index (χ1) is 8.15. The molecule has 1 aliphatic heterocycles. The van der Waals surface area contributed by atoms with Crippen LogP contribution in [0.15, 0.2) is 47.3 Å². The zero-order valence-electron chi connectivity index (χ0n) is 9.27. The van der Waals surface area contributed by atoms with Gasteiger partial charge in [-0.05, 0) is 41.3 Å². The van der Waals surface area contributed by atoms with E-state index in [1.807, 2.05) is 35.9 Å². The molecule has 0 saturated carbocycles. The van der Waals surface area contributed by atoms with Crippen LogP contribution in [0.4, 0.5) is 0 Å². The highest BCUT2D eigenvalue weighted by molar-refractivity contribution is 6.31. The quantitative estimate of drug-likeness (QED) is 0.556. The maximum atomic E-state index is 11.4. The summed E-state index contributed by atoms with van der Waals surface area (Å²) < 4.78 is 2.00. The summed E-state index contributed by atoms with van der Waals surface area (Å²) in [6.07, 6.45) is 0. The van der Waals surface area contributed by atoms with Gasteiger partial charge in [0.05, 0.1) is 5.69 Å². The van der Waals surface area contributed by atoms with E-state index < -0.39 is 0 Å². The van der Waals surface area contributed by atoms with Crippen molar-refractivity contribution in [3.05, 3.63) is 57.7 Å². The molecule has 1 heterocycles. The summed E-state index contributed by atoms with van der Waals surface area (Å²) in [4.78, 5) is 11.4. The van der Waals surface area contributed by atoms with Gasteiger partial charge in [0.1, 0.15) is 0 Å². The maximum Gasteiger partial charge on any atom is 0.180 e. The van der Waals surface area contributed by atoms with Gasteiger partial charge < -0.3 is 4.57 Å². The summed E-state index contributed by atoms with van der Waals surface area (Å²) >= 11 is 6.00. The average Bonchev–Trinajstić information content (AvgIpc) is 2.32. The SMILES string of the molecule is Cn1c2cc(=O)ccc-2cc2ccc(Cl)cc21. The van der Waals surface area contributed by atoms with E-state index in [0.717, 1.165) is 22.2 Å². The Hall–Kier alpha value is -1.80. The topological polar surface area (TPSA) is 22.0 Å². The largest absolute Gasteiger partial charge is 0.343 e. The fourth-order valence-corrected chi connectivity index (χ4v) is 2.33. The van der Waals surface area contributed by atoms with Gasteiger partial charge in [-0.25, -0.2) is 0 Å². The molecule has 2 nitrogen and oxygen atoms in total. The highest BCUT2D eigenvalue weighted by atomic mass is 35.5. The molecule has 0 amide bonds. The molecule has 3 heteroatoms. The lowest BCUT2D eigenvalue weighted by Gasteiger charge is -2.15. The number of halogens is 1. The van der Waals surface area contributed by atoms with Crippen molar-refractivity contribution in [2.24, 2.45) is 7.05 Å². The van der Waals surface area contributed by atoms with Crippen LogP contribution in [0, 0.1) is 0 Å². The Bertz CT molecular complexity index is 745. The van der Waals surface area contributed by atoms with Crippen LogP contribution in [-0.4, -0.2) is 4.57 Å².